The van der Waals surface area contributed by atoms with Crippen molar-refractivity contribution < 1.29 is 9.21 Å². The highest BCUT2D eigenvalue weighted by molar-refractivity contribution is 5.88. The predicted molar refractivity (Wildman–Crippen MR) is 61.0 cm³/mol. The molecule has 1 aromatic heterocycles. The third kappa shape index (κ3) is 3.20. The quantitative estimate of drug-likeness (QED) is 0.732. The second-order valence-electron chi connectivity index (χ2n) is 3.21. The summed E-state index contributed by atoms with van der Waals surface area (Å²) in [6, 6.07) is 8.71. The molecule has 17 heavy (non-hydrogen) atoms. The van der Waals surface area contributed by atoms with Crippen LogP contribution in [-0.4, -0.2) is 16.2 Å². The fraction of sp³-hybridized carbons (Fsp3) is 0.100. The molecule has 1 heterocycles. The van der Waals surface area contributed by atoms with E-state index in [2.05, 4.69) is 20.8 Å². The fourth-order valence-electron chi connectivity index (χ4n) is 1.19. The van der Waals surface area contributed by atoms with Crippen LogP contribution in [0.4, 0.5) is 16.5 Å². The number of benzene rings is 1. The Morgan fingerprint density at radius 1 is 1.29 bits per heavy atom. The minimum absolute atomic E-state index is 0.0229. The highest BCUT2D eigenvalue weighted by Crippen LogP contribution is 2.04. The van der Waals surface area contributed by atoms with E-state index in [-0.39, 0.29) is 24.5 Å². The van der Waals surface area contributed by atoms with E-state index in [1.165, 1.54) is 0 Å². The molecule has 0 aliphatic rings. The zero-order valence-electron chi connectivity index (χ0n) is 8.88. The fourth-order valence-corrected chi connectivity index (χ4v) is 1.19. The van der Waals surface area contributed by atoms with Crippen LogP contribution in [0.3, 0.4) is 0 Å². The Balaban J connectivity index is 1.82. The van der Waals surface area contributed by atoms with Crippen molar-refractivity contribution in [2.45, 2.75) is 6.54 Å². The molecule has 0 unspecified atom stereocenters. The smallest absolute Gasteiger partial charge is 0.319 e. The molecule has 7 heteroatoms. The van der Waals surface area contributed by atoms with E-state index in [9.17, 15) is 4.79 Å². The van der Waals surface area contributed by atoms with Gasteiger partial charge in [-0.25, -0.2) is 4.79 Å². The van der Waals surface area contributed by atoms with Gasteiger partial charge in [0, 0.05) is 5.69 Å². The predicted octanol–water partition coefficient (Wildman–Crippen LogP) is 0.973. The van der Waals surface area contributed by atoms with Crippen molar-refractivity contribution in [2.24, 2.45) is 0 Å². The Morgan fingerprint density at radius 2 is 2.06 bits per heavy atom. The van der Waals surface area contributed by atoms with Crippen LogP contribution in [-0.2, 0) is 6.54 Å². The topological polar surface area (TPSA) is 106 Å². The zero-order valence-corrected chi connectivity index (χ0v) is 8.88. The first kappa shape index (κ1) is 10.9. The first-order valence-electron chi connectivity index (χ1n) is 4.92. The van der Waals surface area contributed by atoms with E-state index in [0.717, 1.165) is 0 Å². The first-order valence-corrected chi connectivity index (χ1v) is 4.92. The molecular weight excluding hydrogens is 222 g/mol. The molecule has 7 nitrogen and oxygen atoms in total. The largest absolute Gasteiger partial charge is 0.406 e. The molecule has 1 aromatic carbocycles. The molecule has 0 bridgehead atoms. The van der Waals surface area contributed by atoms with Crippen molar-refractivity contribution in [3.63, 3.8) is 0 Å². The van der Waals surface area contributed by atoms with E-state index < -0.39 is 0 Å². The maximum Gasteiger partial charge on any atom is 0.319 e. The Bertz CT molecular complexity index is 496. The number of anilines is 2. The van der Waals surface area contributed by atoms with Crippen LogP contribution in [0.1, 0.15) is 5.89 Å². The number of rotatable bonds is 3. The van der Waals surface area contributed by atoms with Crippen molar-refractivity contribution in [1.82, 2.24) is 15.5 Å². The van der Waals surface area contributed by atoms with Gasteiger partial charge in [-0.2, -0.15) is 0 Å². The van der Waals surface area contributed by atoms with E-state index in [1.807, 2.05) is 18.2 Å². The number of nitrogens with two attached hydrogens (primary N) is 1. The number of para-hydroxylation sites is 1. The van der Waals surface area contributed by atoms with Crippen molar-refractivity contribution in [2.75, 3.05) is 11.1 Å². The molecule has 88 valence electrons. The van der Waals surface area contributed by atoms with Gasteiger partial charge < -0.3 is 20.8 Å². The second kappa shape index (κ2) is 4.97. The summed E-state index contributed by atoms with van der Waals surface area (Å²) in [6.07, 6.45) is 0. The molecule has 0 aliphatic heterocycles. The average Bonchev–Trinajstić information content (AvgIpc) is 2.74. The molecule has 2 aromatic rings. The van der Waals surface area contributed by atoms with Crippen LogP contribution in [0.25, 0.3) is 0 Å². The van der Waals surface area contributed by atoms with Crippen LogP contribution in [0.5, 0.6) is 0 Å². The van der Waals surface area contributed by atoms with Crippen LogP contribution in [0.15, 0.2) is 34.7 Å². The molecule has 0 spiro atoms. The van der Waals surface area contributed by atoms with E-state index >= 15 is 0 Å². The van der Waals surface area contributed by atoms with Gasteiger partial charge in [0.1, 0.15) is 0 Å². The Labute approximate surface area is 97.0 Å². The lowest BCUT2D eigenvalue weighted by molar-refractivity contribution is 0.250. The van der Waals surface area contributed by atoms with E-state index in [4.69, 9.17) is 10.2 Å². The molecule has 0 atom stereocenters. The molecule has 0 saturated carbocycles. The second-order valence-corrected chi connectivity index (χ2v) is 3.21. The molecule has 4 N–H and O–H groups in total. The van der Waals surface area contributed by atoms with Crippen molar-refractivity contribution in [3.8, 4) is 0 Å². The molecule has 0 saturated heterocycles. The number of aromatic nitrogens is 2. The van der Waals surface area contributed by atoms with E-state index in [1.54, 1.807) is 12.1 Å². The summed E-state index contributed by atoms with van der Waals surface area (Å²) in [5, 5.41) is 12.3. The number of urea groups is 1. The summed E-state index contributed by atoms with van der Waals surface area (Å²) >= 11 is 0. The minimum Gasteiger partial charge on any atom is -0.406 e. The molecule has 0 radical (unpaired) electrons. The third-order valence-electron chi connectivity index (χ3n) is 1.91. The van der Waals surface area contributed by atoms with Gasteiger partial charge in [0.2, 0.25) is 5.89 Å². The van der Waals surface area contributed by atoms with Crippen LogP contribution < -0.4 is 16.4 Å². The number of nitrogen functional groups attached to an aromatic ring is 1. The van der Waals surface area contributed by atoms with Gasteiger partial charge in [-0.15, -0.1) is 5.10 Å². The van der Waals surface area contributed by atoms with Gasteiger partial charge in [0.15, 0.2) is 0 Å². The number of carbonyl (C=O) groups is 1. The normalized spacial score (nSPS) is 9.88. The highest BCUT2D eigenvalue weighted by Gasteiger charge is 2.05. The van der Waals surface area contributed by atoms with Gasteiger partial charge in [0.25, 0.3) is 0 Å². The number of hydrogen-bond acceptors (Lipinski definition) is 5. The minimum atomic E-state index is -0.354. The number of carbonyl (C=O) groups excluding carboxylic acids is 1. The van der Waals surface area contributed by atoms with Crippen LogP contribution >= 0.6 is 0 Å². The number of amides is 2. The van der Waals surface area contributed by atoms with Crippen molar-refractivity contribution in [3.05, 3.63) is 36.2 Å². The summed E-state index contributed by atoms with van der Waals surface area (Å²) < 4.78 is 4.90. The third-order valence-corrected chi connectivity index (χ3v) is 1.91. The maximum absolute atomic E-state index is 11.4. The Kier molecular flexibility index (Phi) is 3.20. The lowest BCUT2D eigenvalue weighted by Gasteiger charge is -2.04. The summed E-state index contributed by atoms with van der Waals surface area (Å²) in [6.45, 7) is 0.128. The van der Waals surface area contributed by atoms with Gasteiger partial charge >= 0.3 is 12.0 Å². The van der Waals surface area contributed by atoms with Gasteiger partial charge in [-0.3, -0.25) is 0 Å². The molecule has 0 aliphatic carbocycles. The lowest BCUT2D eigenvalue weighted by atomic mass is 10.3. The monoisotopic (exact) mass is 233 g/mol. The summed E-state index contributed by atoms with van der Waals surface area (Å²) in [4.78, 5) is 11.4. The Morgan fingerprint density at radius 3 is 2.71 bits per heavy atom. The van der Waals surface area contributed by atoms with Crippen LogP contribution in [0.2, 0.25) is 0 Å². The first-order chi connectivity index (χ1) is 8.24. The van der Waals surface area contributed by atoms with Crippen molar-refractivity contribution >= 4 is 17.7 Å². The van der Waals surface area contributed by atoms with Crippen molar-refractivity contribution in [1.29, 1.82) is 0 Å². The number of nitrogens with one attached hydrogen (secondary N) is 2. The molecule has 0 fully saturated rings. The number of nitrogens with zero attached hydrogens (tertiary/aromatic N) is 2. The highest BCUT2D eigenvalue weighted by atomic mass is 16.4. The maximum atomic E-state index is 11.4. The summed E-state index contributed by atoms with van der Waals surface area (Å²) in [5.41, 5.74) is 5.94. The summed E-state index contributed by atoms with van der Waals surface area (Å²) in [7, 11) is 0. The summed E-state index contributed by atoms with van der Waals surface area (Å²) in [5.74, 6) is 0.255. The van der Waals surface area contributed by atoms with Gasteiger partial charge in [-0.05, 0) is 12.1 Å². The zero-order chi connectivity index (χ0) is 12.1. The SMILES string of the molecule is Nc1nnc(CNC(=O)Nc2ccccc2)o1. The molecule has 2 amide bonds. The lowest BCUT2D eigenvalue weighted by Crippen LogP contribution is -2.28. The average molecular weight is 233 g/mol. The van der Waals surface area contributed by atoms with Gasteiger partial charge in [-0.1, -0.05) is 23.3 Å². The number of hydrogen-bond donors (Lipinski definition) is 3. The van der Waals surface area contributed by atoms with Gasteiger partial charge in [0.05, 0.1) is 6.54 Å². The van der Waals surface area contributed by atoms with E-state index in [0.29, 0.717) is 5.69 Å². The Hall–Kier alpha value is -2.57. The standard InChI is InChI=1S/C10H11N5O2/c11-9-15-14-8(17-9)6-12-10(16)13-7-4-2-1-3-5-7/h1-5H,6H2,(H2,11,15)(H2,12,13,16). The van der Waals surface area contributed by atoms with Crippen LogP contribution in [0, 0.1) is 0 Å². The molecular formula is C10H11N5O2. The molecule has 2 rings (SSSR count).